The van der Waals surface area contributed by atoms with Crippen LogP contribution in [-0.2, 0) is 14.8 Å². The molecule has 0 aromatic heterocycles. The maximum atomic E-state index is 12.6. The van der Waals surface area contributed by atoms with E-state index in [-0.39, 0.29) is 6.10 Å². The highest BCUT2D eigenvalue weighted by atomic mass is 32.2. The fourth-order valence-electron chi connectivity index (χ4n) is 2.48. The Morgan fingerprint density at radius 3 is 2.65 bits per heavy atom. The van der Waals surface area contributed by atoms with E-state index in [9.17, 15) is 8.42 Å². The Hall–Kier alpha value is -1.43. The number of benzene rings is 2. The summed E-state index contributed by atoms with van der Waals surface area (Å²) in [6.07, 6.45) is -0.0565. The molecule has 3 rings (SSSR count). The van der Waals surface area contributed by atoms with Crippen molar-refractivity contribution in [2.75, 3.05) is 19.7 Å². The molecule has 1 saturated heterocycles. The highest BCUT2D eigenvalue weighted by molar-refractivity contribution is 7.89. The van der Waals surface area contributed by atoms with Crippen molar-refractivity contribution in [2.45, 2.75) is 17.9 Å². The molecule has 0 unspecified atom stereocenters. The van der Waals surface area contributed by atoms with Crippen LogP contribution in [0, 0.1) is 0 Å². The van der Waals surface area contributed by atoms with Crippen LogP contribution in [0.5, 0.6) is 0 Å². The van der Waals surface area contributed by atoms with Crippen molar-refractivity contribution in [3.63, 3.8) is 0 Å². The standard InChI is InChI=1S/C15H17NO3S/c1-12-11-16(8-9-19-12)20(17,18)15-7-6-13-4-2-3-5-14(13)10-15/h2-7,10,12H,8-9,11H2,1H3/t12-/m0/s1. The minimum absolute atomic E-state index is 0.0565. The Morgan fingerprint density at radius 1 is 1.15 bits per heavy atom. The Bertz CT molecular complexity index is 727. The van der Waals surface area contributed by atoms with Gasteiger partial charge in [-0.2, -0.15) is 4.31 Å². The molecule has 0 spiro atoms. The first-order valence-corrected chi connectivity index (χ1v) is 8.12. The average Bonchev–Trinajstić information content (AvgIpc) is 2.46. The second-order valence-electron chi connectivity index (χ2n) is 5.05. The predicted octanol–water partition coefficient (Wildman–Crippen LogP) is 2.25. The zero-order valence-corrected chi connectivity index (χ0v) is 12.1. The normalized spacial score (nSPS) is 21.1. The Kier molecular flexibility index (Phi) is 3.50. The zero-order valence-electron chi connectivity index (χ0n) is 11.3. The number of morpholine rings is 1. The quantitative estimate of drug-likeness (QED) is 0.852. The molecular weight excluding hydrogens is 274 g/mol. The molecule has 2 aromatic rings. The molecule has 5 heteroatoms. The van der Waals surface area contributed by atoms with Gasteiger partial charge in [-0.1, -0.05) is 30.3 Å². The molecule has 0 saturated carbocycles. The van der Waals surface area contributed by atoms with Crippen LogP contribution < -0.4 is 0 Å². The van der Waals surface area contributed by atoms with Crippen LogP contribution in [0.25, 0.3) is 10.8 Å². The van der Waals surface area contributed by atoms with E-state index >= 15 is 0 Å². The van der Waals surface area contributed by atoms with E-state index in [0.717, 1.165) is 10.8 Å². The van der Waals surface area contributed by atoms with Gasteiger partial charge in [0.25, 0.3) is 0 Å². The first kappa shape index (κ1) is 13.5. The van der Waals surface area contributed by atoms with Crippen molar-refractivity contribution < 1.29 is 13.2 Å². The molecule has 2 aromatic carbocycles. The SMILES string of the molecule is C[C@H]1CN(S(=O)(=O)c2ccc3ccccc3c2)CCO1. The lowest BCUT2D eigenvalue weighted by molar-refractivity contribution is 0.0102. The molecular formula is C15H17NO3S. The third kappa shape index (κ3) is 2.44. The van der Waals surface area contributed by atoms with E-state index < -0.39 is 10.0 Å². The third-order valence-corrected chi connectivity index (χ3v) is 5.42. The Labute approximate surface area is 119 Å². The van der Waals surface area contributed by atoms with Gasteiger partial charge in [0.2, 0.25) is 10.0 Å². The van der Waals surface area contributed by atoms with Gasteiger partial charge in [0.15, 0.2) is 0 Å². The molecule has 1 fully saturated rings. The number of sulfonamides is 1. The zero-order chi connectivity index (χ0) is 14.2. The summed E-state index contributed by atoms with van der Waals surface area (Å²) in [5.74, 6) is 0. The topological polar surface area (TPSA) is 46.6 Å². The largest absolute Gasteiger partial charge is 0.376 e. The lowest BCUT2D eigenvalue weighted by Crippen LogP contribution is -2.44. The molecule has 4 nitrogen and oxygen atoms in total. The molecule has 0 radical (unpaired) electrons. The third-order valence-electron chi connectivity index (χ3n) is 3.56. The van der Waals surface area contributed by atoms with E-state index in [1.807, 2.05) is 37.3 Å². The summed E-state index contributed by atoms with van der Waals surface area (Å²) in [6.45, 7) is 3.17. The summed E-state index contributed by atoms with van der Waals surface area (Å²) in [4.78, 5) is 0.352. The van der Waals surface area contributed by atoms with Crippen LogP contribution in [0.2, 0.25) is 0 Å². The van der Waals surface area contributed by atoms with Gasteiger partial charge in [0.1, 0.15) is 0 Å². The second-order valence-corrected chi connectivity index (χ2v) is 6.99. The van der Waals surface area contributed by atoms with Crippen LogP contribution in [-0.4, -0.2) is 38.5 Å². The lowest BCUT2D eigenvalue weighted by Gasteiger charge is -2.30. The first-order valence-electron chi connectivity index (χ1n) is 6.68. The smallest absolute Gasteiger partial charge is 0.243 e. The fourth-order valence-corrected chi connectivity index (χ4v) is 4.02. The monoisotopic (exact) mass is 291 g/mol. The molecule has 1 aliphatic rings. The van der Waals surface area contributed by atoms with Crippen molar-refractivity contribution in [1.29, 1.82) is 0 Å². The van der Waals surface area contributed by atoms with Crippen molar-refractivity contribution in [3.05, 3.63) is 42.5 Å². The minimum Gasteiger partial charge on any atom is -0.376 e. The number of rotatable bonds is 2. The second kappa shape index (κ2) is 5.16. The van der Waals surface area contributed by atoms with Crippen molar-refractivity contribution in [3.8, 4) is 0 Å². The number of nitrogens with zero attached hydrogens (tertiary/aromatic N) is 1. The molecule has 1 heterocycles. The van der Waals surface area contributed by atoms with E-state index in [1.165, 1.54) is 4.31 Å². The summed E-state index contributed by atoms with van der Waals surface area (Å²) in [7, 11) is -3.43. The number of fused-ring (bicyclic) bond motifs is 1. The molecule has 0 aliphatic carbocycles. The van der Waals surface area contributed by atoms with Gasteiger partial charge in [-0.15, -0.1) is 0 Å². The Balaban J connectivity index is 2.00. The van der Waals surface area contributed by atoms with E-state index in [1.54, 1.807) is 12.1 Å². The summed E-state index contributed by atoms with van der Waals surface area (Å²) in [5, 5.41) is 1.98. The van der Waals surface area contributed by atoms with Gasteiger partial charge >= 0.3 is 0 Å². The van der Waals surface area contributed by atoms with Crippen molar-refractivity contribution >= 4 is 20.8 Å². The molecule has 0 amide bonds. The highest BCUT2D eigenvalue weighted by Gasteiger charge is 2.29. The maximum absolute atomic E-state index is 12.6. The van der Waals surface area contributed by atoms with Crippen LogP contribution in [0.15, 0.2) is 47.4 Å². The van der Waals surface area contributed by atoms with Gasteiger partial charge in [-0.05, 0) is 29.8 Å². The number of ether oxygens (including phenoxy) is 1. The van der Waals surface area contributed by atoms with Crippen molar-refractivity contribution in [2.24, 2.45) is 0 Å². The van der Waals surface area contributed by atoms with Crippen LogP contribution in [0.1, 0.15) is 6.92 Å². The maximum Gasteiger partial charge on any atom is 0.243 e. The summed E-state index contributed by atoms with van der Waals surface area (Å²) in [6, 6.07) is 13.0. The van der Waals surface area contributed by atoms with E-state index in [2.05, 4.69) is 0 Å². The molecule has 20 heavy (non-hydrogen) atoms. The van der Waals surface area contributed by atoms with Gasteiger partial charge < -0.3 is 4.74 Å². The molecule has 0 N–H and O–H groups in total. The number of hydrogen-bond acceptors (Lipinski definition) is 3. The predicted molar refractivity (Wildman–Crippen MR) is 78.1 cm³/mol. The van der Waals surface area contributed by atoms with Gasteiger partial charge in [-0.25, -0.2) is 8.42 Å². The van der Waals surface area contributed by atoms with Crippen LogP contribution in [0.4, 0.5) is 0 Å². The van der Waals surface area contributed by atoms with Gasteiger partial charge in [-0.3, -0.25) is 0 Å². The van der Waals surface area contributed by atoms with Crippen LogP contribution in [0.3, 0.4) is 0 Å². The lowest BCUT2D eigenvalue weighted by atomic mass is 10.1. The number of hydrogen-bond donors (Lipinski definition) is 0. The van der Waals surface area contributed by atoms with Gasteiger partial charge in [0.05, 0.1) is 17.6 Å². The highest BCUT2D eigenvalue weighted by Crippen LogP contribution is 2.23. The van der Waals surface area contributed by atoms with E-state index in [0.29, 0.717) is 24.6 Å². The summed E-state index contributed by atoms with van der Waals surface area (Å²) < 4.78 is 32.2. The summed E-state index contributed by atoms with van der Waals surface area (Å²) in [5.41, 5.74) is 0. The Morgan fingerprint density at radius 2 is 1.90 bits per heavy atom. The minimum atomic E-state index is -3.43. The molecule has 106 valence electrons. The van der Waals surface area contributed by atoms with E-state index in [4.69, 9.17) is 4.74 Å². The van der Waals surface area contributed by atoms with Gasteiger partial charge in [0, 0.05) is 13.1 Å². The summed E-state index contributed by atoms with van der Waals surface area (Å²) >= 11 is 0. The van der Waals surface area contributed by atoms with Crippen molar-refractivity contribution in [1.82, 2.24) is 4.31 Å². The molecule has 1 aliphatic heterocycles. The molecule has 1 atom stereocenters. The molecule has 0 bridgehead atoms. The average molecular weight is 291 g/mol. The fraction of sp³-hybridized carbons (Fsp3) is 0.333. The van der Waals surface area contributed by atoms with Crippen LogP contribution >= 0.6 is 0 Å². The first-order chi connectivity index (χ1) is 9.57.